The second kappa shape index (κ2) is 6.83. The number of piperidine rings is 1. The molecule has 0 aliphatic carbocycles. The first-order valence-electron chi connectivity index (χ1n) is 6.95. The maximum Gasteiger partial charge on any atom is 0.310 e. The molecule has 110 valence electrons. The van der Waals surface area contributed by atoms with Gasteiger partial charge in [-0.1, -0.05) is 0 Å². The Morgan fingerprint density at radius 1 is 1.55 bits per heavy atom. The second-order valence-corrected chi connectivity index (χ2v) is 5.91. The topological polar surface area (TPSA) is 59.5 Å². The van der Waals surface area contributed by atoms with Crippen LogP contribution in [-0.2, 0) is 20.7 Å². The van der Waals surface area contributed by atoms with Crippen molar-refractivity contribution in [1.29, 1.82) is 0 Å². The predicted molar refractivity (Wildman–Crippen MR) is 76.5 cm³/mol. The average Bonchev–Trinajstić information content (AvgIpc) is 2.85. The van der Waals surface area contributed by atoms with E-state index in [1.54, 1.807) is 17.3 Å². The Balaban J connectivity index is 1.93. The third-order valence-corrected chi connectivity index (χ3v) is 4.49. The molecule has 2 rings (SSSR count). The Morgan fingerprint density at radius 2 is 2.35 bits per heavy atom. The summed E-state index contributed by atoms with van der Waals surface area (Å²) in [7, 11) is 0. The van der Waals surface area contributed by atoms with Gasteiger partial charge >= 0.3 is 5.97 Å². The minimum Gasteiger partial charge on any atom is -0.466 e. The molecule has 0 aromatic carbocycles. The maximum atomic E-state index is 12.3. The zero-order chi connectivity index (χ0) is 14.5. The van der Waals surface area contributed by atoms with Crippen LogP contribution in [0.3, 0.4) is 0 Å². The highest BCUT2D eigenvalue weighted by Gasteiger charge is 2.29. The van der Waals surface area contributed by atoms with Crippen LogP contribution in [0, 0.1) is 12.8 Å². The summed E-state index contributed by atoms with van der Waals surface area (Å²) in [4.78, 5) is 31.0. The maximum absolute atomic E-state index is 12.3. The molecule has 0 saturated carbocycles. The molecule has 1 fully saturated rings. The minimum absolute atomic E-state index is 0.0753. The Hall–Kier alpha value is -1.43. The molecule has 1 unspecified atom stereocenters. The molecule has 1 saturated heterocycles. The van der Waals surface area contributed by atoms with Gasteiger partial charge in [0.05, 0.1) is 30.2 Å². The Labute approximate surface area is 122 Å². The van der Waals surface area contributed by atoms with Crippen molar-refractivity contribution in [3.05, 3.63) is 16.1 Å². The van der Waals surface area contributed by atoms with Crippen LogP contribution in [-0.4, -0.2) is 41.5 Å². The van der Waals surface area contributed by atoms with E-state index in [9.17, 15) is 9.59 Å². The summed E-state index contributed by atoms with van der Waals surface area (Å²) in [5.41, 5.74) is 2.68. The van der Waals surface area contributed by atoms with Crippen LogP contribution in [0.5, 0.6) is 0 Å². The summed E-state index contributed by atoms with van der Waals surface area (Å²) in [6.45, 7) is 5.32. The van der Waals surface area contributed by atoms with E-state index in [4.69, 9.17) is 4.74 Å². The van der Waals surface area contributed by atoms with E-state index < -0.39 is 0 Å². The lowest BCUT2D eigenvalue weighted by Crippen LogP contribution is -2.43. The smallest absolute Gasteiger partial charge is 0.310 e. The SMILES string of the molecule is CCOC(=O)C1CCCN(C(=O)Cc2scnc2C)C1. The van der Waals surface area contributed by atoms with Gasteiger partial charge in [0.25, 0.3) is 0 Å². The lowest BCUT2D eigenvalue weighted by atomic mass is 9.98. The highest BCUT2D eigenvalue weighted by Crippen LogP contribution is 2.20. The number of nitrogens with zero attached hydrogens (tertiary/aromatic N) is 2. The fourth-order valence-electron chi connectivity index (χ4n) is 2.40. The lowest BCUT2D eigenvalue weighted by Gasteiger charge is -2.31. The summed E-state index contributed by atoms with van der Waals surface area (Å²) in [5.74, 6) is -0.277. The molecule has 2 heterocycles. The largest absolute Gasteiger partial charge is 0.466 e. The van der Waals surface area contributed by atoms with Crippen LogP contribution in [0.4, 0.5) is 0 Å². The van der Waals surface area contributed by atoms with Gasteiger partial charge in [-0.05, 0) is 26.7 Å². The van der Waals surface area contributed by atoms with E-state index in [2.05, 4.69) is 4.98 Å². The van der Waals surface area contributed by atoms with Crippen molar-refractivity contribution < 1.29 is 14.3 Å². The Kier molecular flexibility index (Phi) is 5.11. The first kappa shape index (κ1) is 15.0. The van der Waals surface area contributed by atoms with Crippen LogP contribution < -0.4 is 0 Å². The van der Waals surface area contributed by atoms with Crippen LogP contribution in [0.1, 0.15) is 30.3 Å². The number of aromatic nitrogens is 1. The molecule has 20 heavy (non-hydrogen) atoms. The lowest BCUT2D eigenvalue weighted by molar-refractivity contribution is -0.151. The first-order valence-corrected chi connectivity index (χ1v) is 7.83. The predicted octanol–water partition coefficient (Wildman–Crippen LogP) is 1.80. The van der Waals surface area contributed by atoms with Gasteiger partial charge in [-0.15, -0.1) is 11.3 Å². The highest BCUT2D eigenvalue weighted by molar-refractivity contribution is 7.09. The van der Waals surface area contributed by atoms with Crippen molar-refractivity contribution in [3.8, 4) is 0 Å². The Morgan fingerprint density at radius 3 is 3.00 bits per heavy atom. The second-order valence-electron chi connectivity index (χ2n) is 4.97. The number of hydrogen-bond acceptors (Lipinski definition) is 5. The number of thiazole rings is 1. The highest BCUT2D eigenvalue weighted by atomic mass is 32.1. The van der Waals surface area contributed by atoms with Crippen molar-refractivity contribution >= 4 is 23.2 Å². The van der Waals surface area contributed by atoms with Gasteiger partial charge in [0, 0.05) is 18.0 Å². The summed E-state index contributed by atoms with van der Waals surface area (Å²) < 4.78 is 5.05. The van der Waals surface area contributed by atoms with Gasteiger partial charge in [0.1, 0.15) is 0 Å². The Bertz CT molecular complexity index is 487. The van der Waals surface area contributed by atoms with Crippen molar-refractivity contribution in [2.45, 2.75) is 33.1 Å². The molecule has 5 nitrogen and oxygen atoms in total. The molecule has 1 aromatic heterocycles. The van der Waals surface area contributed by atoms with Crippen molar-refractivity contribution in [2.75, 3.05) is 19.7 Å². The number of ether oxygens (including phenoxy) is 1. The van der Waals surface area contributed by atoms with Gasteiger partial charge in [-0.25, -0.2) is 4.98 Å². The van der Waals surface area contributed by atoms with Crippen molar-refractivity contribution in [2.24, 2.45) is 5.92 Å². The molecule has 0 N–H and O–H groups in total. The van der Waals surface area contributed by atoms with Crippen LogP contribution in [0.2, 0.25) is 0 Å². The van der Waals surface area contributed by atoms with Gasteiger partial charge in [-0.3, -0.25) is 9.59 Å². The molecule has 1 aliphatic heterocycles. The average molecular weight is 296 g/mol. The van der Waals surface area contributed by atoms with E-state index >= 15 is 0 Å². The molecule has 0 radical (unpaired) electrons. The third-order valence-electron chi connectivity index (χ3n) is 3.55. The van der Waals surface area contributed by atoms with E-state index in [0.717, 1.165) is 30.0 Å². The van der Waals surface area contributed by atoms with Gasteiger partial charge in [0.15, 0.2) is 0 Å². The van der Waals surface area contributed by atoms with E-state index in [-0.39, 0.29) is 17.8 Å². The molecule has 1 amide bonds. The zero-order valence-electron chi connectivity index (χ0n) is 11.9. The van der Waals surface area contributed by atoms with Gasteiger partial charge in [0.2, 0.25) is 5.91 Å². The van der Waals surface area contributed by atoms with Crippen LogP contribution in [0.15, 0.2) is 5.51 Å². The molecule has 1 atom stereocenters. The number of carbonyl (C=O) groups is 2. The molecule has 0 bridgehead atoms. The fourth-order valence-corrected chi connectivity index (χ4v) is 3.17. The summed E-state index contributed by atoms with van der Waals surface area (Å²) in [6.07, 6.45) is 2.05. The van der Waals surface area contributed by atoms with Gasteiger partial charge < -0.3 is 9.64 Å². The number of rotatable bonds is 4. The number of amides is 1. The van der Waals surface area contributed by atoms with Crippen molar-refractivity contribution in [3.63, 3.8) is 0 Å². The molecular weight excluding hydrogens is 276 g/mol. The summed E-state index contributed by atoms with van der Waals surface area (Å²) in [5, 5.41) is 0. The standard InChI is InChI=1S/C14H20N2O3S/c1-3-19-14(18)11-5-4-6-16(8-11)13(17)7-12-10(2)15-9-20-12/h9,11H,3-8H2,1-2H3. The van der Waals surface area contributed by atoms with Gasteiger partial charge in [-0.2, -0.15) is 0 Å². The molecule has 1 aliphatic rings. The quantitative estimate of drug-likeness (QED) is 0.795. The summed E-state index contributed by atoms with van der Waals surface area (Å²) in [6, 6.07) is 0. The van der Waals surface area contributed by atoms with Crippen molar-refractivity contribution in [1.82, 2.24) is 9.88 Å². The summed E-state index contributed by atoms with van der Waals surface area (Å²) >= 11 is 1.51. The number of esters is 1. The molecular formula is C14H20N2O3S. The molecule has 1 aromatic rings. The van der Waals surface area contributed by atoms with Crippen LogP contribution in [0.25, 0.3) is 0 Å². The van der Waals surface area contributed by atoms with E-state index in [1.165, 1.54) is 11.3 Å². The van der Waals surface area contributed by atoms with Crippen LogP contribution >= 0.6 is 11.3 Å². The fraction of sp³-hybridized carbons (Fsp3) is 0.643. The first-order chi connectivity index (χ1) is 9.61. The number of likely N-dealkylation sites (tertiary alicyclic amines) is 1. The number of hydrogen-bond donors (Lipinski definition) is 0. The van der Waals surface area contributed by atoms with E-state index in [0.29, 0.717) is 19.6 Å². The number of aryl methyl sites for hydroxylation is 1. The normalized spacial score (nSPS) is 18.9. The monoisotopic (exact) mass is 296 g/mol. The number of carbonyl (C=O) groups excluding carboxylic acids is 2. The van der Waals surface area contributed by atoms with E-state index in [1.807, 2.05) is 6.92 Å². The molecule has 0 spiro atoms. The third kappa shape index (κ3) is 3.56. The molecule has 6 heteroatoms. The zero-order valence-corrected chi connectivity index (χ0v) is 12.7. The minimum atomic E-state index is -0.182.